The second-order valence-electron chi connectivity index (χ2n) is 2.06. The molecule has 1 heterocycles. The van der Waals surface area contributed by atoms with Gasteiger partial charge in [0.2, 0.25) is 0 Å². The Morgan fingerprint density at radius 3 is 3.18 bits per heavy atom. The Bertz CT molecular complexity index is 185. The van der Waals surface area contributed by atoms with Gasteiger partial charge in [0.25, 0.3) is 0 Å². The minimum absolute atomic E-state index is 0.225. The summed E-state index contributed by atoms with van der Waals surface area (Å²) in [5, 5.41) is 0. The predicted molar refractivity (Wildman–Crippen MR) is 37.7 cm³/mol. The van der Waals surface area contributed by atoms with E-state index in [2.05, 4.69) is 10.7 Å². The second kappa shape index (κ2) is 3.84. The molecule has 11 heavy (non-hydrogen) atoms. The van der Waals surface area contributed by atoms with Crippen molar-refractivity contribution in [2.75, 3.05) is 26.5 Å². The van der Waals surface area contributed by atoms with Gasteiger partial charge in [-0.1, -0.05) is 5.92 Å². The molecule has 0 saturated carbocycles. The number of carbonyl (C=O) groups excluding carboxylic acids is 1. The van der Waals surface area contributed by atoms with Gasteiger partial charge < -0.3 is 9.47 Å². The zero-order valence-electron chi connectivity index (χ0n) is 6.08. The van der Waals surface area contributed by atoms with Crippen molar-refractivity contribution in [3.63, 3.8) is 0 Å². The van der Waals surface area contributed by atoms with E-state index in [1.165, 1.54) is 4.90 Å². The van der Waals surface area contributed by atoms with Crippen molar-refractivity contribution in [2.24, 2.45) is 0 Å². The SMILES string of the molecule is C#CCOCN1CCOC1=O. The number of amides is 1. The van der Waals surface area contributed by atoms with E-state index in [0.29, 0.717) is 13.2 Å². The summed E-state index contributed by atoms with van der Waals surface area (Å²) in [6.07, 6.45) is 4.61. The van der Waals surface area contributed by atoms with E-state index in [1.54, 1.807) is 0 Å². The highest BCUT2D eigenvalue weighted by Gasteiger charge is 2.20. The minimum Gasteiger partial charge on any atom is -0.447 e. The predicted octanol–water partition coefficient (Wildman–Crippen LogP) is 0.0459. The standard InChI is InChI=1S/C7H9NO3/c1-2-4-10-6-8-3-5-11-7(8)9/h1H,3-6H2. The number of hydrogen-bond acceptors (Lipinski definition) is 3. The summed E-state index contributed by atoms with van der Waals surface area (Å²) in [5.41, 5.74) is 0. The molecule has 60 valence electrons. The molecular formula is C7H9NO3. The molecule has 0 radical (unpaired) electrons. The number of nitrogens with zero attached hydrogens (tertiary/aromatic N) is 1. The third kappa shape index (κ3) is 2.13. The molecule has 0 spiro atoms. The van der Waals surface area contributed by atoms with Crippen LogP contribution in [0.25, 0.3) is 0 Å². The Hall–Kier alpha value is -1.21. The van der Waals surface area contributed by atoms with E-state index in [-0.39, 0.29) is 19.4 Å². The molecular weight excluding hydrogens is 146 g/mol. The molecule has 0 aromatic heterocycles. The zero-order valence-corrected chi connectivity index (χ0v) is 6.08. The lowest BCUT2D eigenvalue weighted by atomic mass is 10.6. The summed E-state index contributed by atoms with van der Waals surface area (Å²) in [6.45, 7) is 1.48. The first kappa shape index (κ1) is 7.89. The third-order valence-corrected chi connectivity index (χ3v) is 1.28. The molecule has 1 aliphatic rings. The topological polar surface area (TPSA) is 38.8 Å². The first-order valence-corrected chi connectivity index (χ1v) is 3.27. The fraction of sp³-hybridized carbons (Fsp3) is 0.571. The average Bonchev–Trinajstić information content (AvgIpc) is 2.37. The largest absolute Gasteiger partial charge is 0.447 e. The molecule has 1 aliphatic heterocycles. The van der Waals surface area contributed by atoms with E-state index in [0.717, 1.165) is 0 Å². The molecule has 4 heteroatoms. The highest BCUT2D eigenvalue weighted by molar-refractivity contribution is 5.69. The van der Waals surface area contributed by atoms with Crippen LogP contribution in [0.1, 0.15) is 0 Å². The number of terminal acetylenes is 1. The summed E-state index contributed by atoms with van der Waals surface area (Å²) in [7, 11) is 0. The van der Waals surface area contributed by atoms with Gasteiger partial charge in [0, 0.05) is 0 Å². The van der Waals surface area contributed by atoms with Crippen LogP contribution < -0.4 is 0 Å². The van der Waals surface area contributed by atoms with Crippen LogP contribution in [0.4, 0.5) is 4.79 Å². The van der Waals surface area contributed by atoms with E-state index in [1.807, 2.05) is 0 Å². The van der Waals surface area contributed by atoms with Gasteiger partial charge in [-0.25, -0.2) is 4.79 Å². The number of hydrogen-bond donors (Lipinski definition) is 0. The summed E-state index contributed by atoms with van der Waals surface area (Å²) < 4.78 is 9.58. The van der Waals surface area contributed by atoms with Crippen LogP contribution in [0, 0.1) is 12.3 Å². The van der Waals surface area contributed by atoms with Crippen LogP contribution in [0.2, 0.25) is 0 Å². The van der Waals surface area contributed by atoms with Gasteiger partial charge in [0.1, 0.15) is 19.9 Å². The van der Waals surface area contributed by atoms with E-state index in [9.17, 15) is 4.79 Å². The number of rotatable bonds is 3. The lowest BCUT2D eigenvalue weighted by molar-refractivity contribution is 0.0701. The van der Waals surface area contributed by atoms with Gasteiger partial charge in [-0.2, -0.15) is 0 Å². The molecule has 1 amide bonds. The van der Waals surface area contributed by atoms with Crippen molar-refractivity contribution < 1.29 is 14.3 Å². The molecule has 0 unspecified atom stereocenters. The van der Waals surface area contributed by atoms with Crippen LogP contribution in [-0.4, -0.2) is 37.5 Å². The van der Waals surface area contributed by atoms with Crippen molar-refractivity contribution in [3.8, 4) is 12.3 Å². The fourth-order valence-corrected chi connectivity index (χ4v) is 0.758. The first-order chi connectivity index (χ1) is 5.34. The van der Waals surface area contributed by atoms with Crippen molar-refractivity contribution >= 4 is 6.09 Å². The summed E-state index contributed by atoms with van der Waals surface area (Å²) in [6, 6.07) is 0. The maximum absolute atomic E-state index is 10.7. The molecule has 0 aromatic carbocycles. The molecule has 1 fully saturated rings. The summed E-state index contributed by atoms with van der Waals surface area (Å²) in [4.78, 5) is 12.2. The third-order valence-electron chi connectivity index (χ3n) is 1.28. The first-order valence-electron chi connectivity index (χ1n) is 3.27. The normalized spacial score (nSPS) is 16.3. The molecule has 4 nitrogen and oxygen atoms in total. The quantitative estimate of drug-likeness (QED) is 0.427. The molecule has 0 bridgehead atoms. The fourth-order valence-electron chi connectivity index (χ4n) is 0.758. The minimum atomic E-state index is -0.331. The van der Waals surface area contributed by atoms with Crippen LogP contribution in [0.3, 0.4) is 0 Å². The van der Waals surface area contributed by atoms with Crippen molar-refractivity contribution in [1.29, 1.82) is 0 Å². The highest BCUT2D eigenvalue weighted by Crippen LogP contribution is 2.01. The van der Waals surface area contributed by atoms with Gasteiger partial charge in [-0.05, 0) is 0 Å². The Balaban J connectivity index is 2.16. The lowest BCUT2D eigenvalue weighted by Crippen LogP contribution is -2.27. The molecule has 0 atom stereocenters. The van der Waals surface area contributed by atoms with Crippen LogP contribution in [0.15, 0.2) is 0 Å². The maximum atomic E-state index is 10.7. The molecule has 0 aliphatic carbocycles. The summed E-state index contributed by atoms with van der Waals surface area (Å²) >= 11 is 0. The van der Waals surface area contributed by atoms with E-state index in [4.69, 9.17) is 11.2 Å². The Labute approximate surface area is 65.1 Å². The van der Waals surface area contributed by atoms with Crippen molar-refractivity contribution in [1.82, 2.24) is 4.90 Å². The van der Waals surface area contributed by atoms with E-state index >= 15 is 0 Å². The van der Waals surface area contributed by atoms with Crippen LogP contribution >= 0.6 is 0 Å². The molecule has 0 aromatic rings. The number of cyclic esters (lactones) is 1. The molecule has 0 N–H and O–H groups in total. The van der Waals surface area contributed by atoms with Crippen LogP contribution in [-0.2, 0) is 9.47 Å². The molecule has 1 rings (SSSR count). The second-order valence-corrected chi connectivity index (χ2v) is 2.06. The number of carbonyl (C=O) groups is 1. The Morgan fingerprint density at radius 2 is 2.64 bits per heavy atom. The van der Waals surface area contributed by atoms with Gasteiger partial charge in [-0.3, -0.25) is 4.90 Å². The van der Waals surface area contributed by atoms with Gasteiger partial charge >= 0.3 is 6.09 Å². The number of ether oxygens (including phenoxy) is 2. The smallest absolute Gasteiger partial charge is 0.411 e. The van der Waals surface area contributed by atoms with Crippen molar-refractivity contribution in [2.45, 2.75) is 0 Å². The van der Waals surface area contributed by atoms with Crippen LogP contribution in [0.5, 0.6) is 0 Å². The van der Waals surface area contributed by atoms with Gasteiger partial charge in [0.15, 0.2) is 0 Å². The Morgan fingerprint density at radius 1 is 1.82 bits per heavy atom. The highest BCUT2D eigenvalue weighted by atomic mass is 16.6. The van der Waals surface area contributed by atoms with Gasteiger partial charge in [0.05, 0.1) is 6.54 Å². The molecule has 1 saturated heterocycles. The monoisotopic (exact) mass is 155 g/mol. The Kier molecular flexibility index (Phi) is 2.75. The summed E-state index contributed by atoms with van der Waals surface area (Å²) in [5.74, 6) is 2.31. The lowest BCUT2D eigenvalue weighted by Gasteiger charge is -2.10. The average molecular weight is 155 g/mol. The van der Waals surface area contributed by atoms with Crippen molar-refractivity contribution in [3.05, 3.63) is 0 Å². The maximum Gasteiger partial charge on any atom is 0.411 e. The van der Waals surface area contributed by atoms with E-state index < -0.39 is 0 Å². The van der Waals surface area contributed by atoms with Gasteiger partial charge in [-0.15, -0.1) is 6.42 Å². The zero-order chi connectivity index (χ0) is 8.10.